The van der Waals surface area contributed by atoms with Crippen molar-refractivity contribution in [1.82, 2.24) is 5.32 Å². The Morgan fingerprint density at radius 3 is 2.53 bits per heavy atom. The number of nitrogens with one attached hydrogen (secondary N) is 1. The van der Waals surface area contributed by atoms with E-state index in [2.05, 4.69) is 10.1 Å². The molecule has 2 N–H and O–H groups in total. The van der Waals surface area contributed by atoms with Crippen LogP contribution in [0.4, 0.5) is 0 Å². The summed E-state index contributed by atoms with van der Waals surface area (Å²) in [4.78, 5) is 23.1. The van der Waals surface area contributed by atoms with Gasteiger partial charge in [0.2, 0.25) is 5.91 Å². The molecule has 0 aromatic heterocycles. The van der Waals surface area contributed by atoms with Gasteiger partial charge in [0.15, 0.2) is 0 Å². The maximum atomic E-state index is 11.6. The van der Waals surface area contributed by atoms with Gasteiger partial charge < -0.3 is 15.2 Å². The van der Waals surface area contributed by atoms with E-state index in [-0.39, 0.29) is 11.7 Å². The Bertz CT molecular complexity index is 465. The molecule has 0 spiro atoms. The van der Waals surface area contributed by atoms with Gasteiger partial charge >= 0.3 is 5.97 Å². The van der Waals surface area contributed by atoms with Crippen molar-refractivity contribution in [1.29, 1.82) is 0 Å². The van der Waals surface area contributed by atoms with Gasteiger partial charge in [-0.25, -0.2) is 4.79 Å². The molecular weight excluding hydrogens is 246 g/mol. The van der Waals surface area contributed by atoms with E-state index in [4.69, 9.17) is 0 Å². The normalized spacial score (nSPS) is 12.1. The molecule has 5 heteroatoms. The van der Waals surface area contributed by atoms with Gasteiger partial charge in [-0.2, -0.15) is 0 Å². The number of esters is 1. The van der Waals surface area contributed by atoms with Crippen molar-refractivity contribution in [2.24, 2.45) is 0 Å². The number of methoxy groups -OCH3 is 1. The first-order chi connectivity index (χ1) is 9.06. The third-order valence-corrected chi connectivity index (χ3v) is 2.50. The lowest BCUT2D eigenvalue weighted by molar-refractivity contribution is -0.144. The summed E-state index contributed by atoms with van der Waals surface area (Å²) in [5.41, 5.74) is 0.814. The number of hydrogen-bond acceptors (Lipinski definition) is 4. The summed E-state index contributed by atoms with van der Waals surface area (Å²) in [6, 6.07) is 5.67. The Morgan fingerprint density at radius 1 is 1.37 bits per heavy atom. The molecule has 0 saturated heterocycles. The van der Waals surface area contributed by atoms with E-state index in [9.17, 15) is 14.7 Å². The molecular formula is C14H17NO4. The zero-order valence-corrected chi connectivity index (χ0v) is 10.9. The highest BCUT2D eigenvalue weighted by Crippen LogP contribution is 2.11. The van der Waals surface area contributed by atoms with Crippen LogP contribution in [0.1, 0.15) is 12.5 Å². The van der Waals surface area contributed by atoms with Crippen LogP contribution in [0.15, 0.2) is 36.4 Å². The predicted octanol–water partition coefficient (Wildman–Crippen LogP) is 1.17. The molecule has 1 unspecified atom stereocenters. The number of phenols is 1. The number of carbonyl (C=O) groups excluding carboxylic acids is 2. The standard InChI is InChI=1S/C14H17NO4/c1-3-4-13(17)15-12(14(18)19-2)9-10-5-7-11(16)8-6-10/h3-8,12,16H,9H2,1-2H3,(H,15,17)/b4-3+. The minimum atomic E-state index is -0.752. The van der Waals surface area contributed by atoms with Crippen LogP contribution in [-0.2, 0) is 20.7 Å². The second kappa shape index (κ2) is 7.20. The molecule has 0 heterocycles. The third-order valence-electron chi connectivity index (χ3n) is 2.50. The molecule has 1 atom stereocenters. The second-order valence-corrected chi connectivity index (χ2v) is 3.95. The molecule has 1 aromatic rings. The fourth-order valence-corrected chi connectivity index (χ4v) is 1.57. The van der Waals surface area contributed by atoms with Gasteiger partial charge in [0.1, 0.15) is 11.8 Å². The number of rotatable bonds is 5. The van der Waals surface area contributed by atoms with Crippen molar-refractivity contribution in [3.05, 3.63) is 42.0 Å². The summed E-state index contributed by atoms with van der Waals surface area (Å²) in [6.45, 7) is 1.71. The van der Waals surface area contributed by atoms with Crippen LogP contribution in [0.3, 0.4) is 0 Å². The smallest absolute Gasteiger partial charge is 0.328 e. The van der Waals surface area contributed by atoms with E-state index >= 15 is 0 Å². The lowest BCUT2D eigenvalue weighted by atomic mass is 10.1. The largest absolute Gasteiger partial charge is 0.508 e. The first-order valence-electron chi connectivity index (χ1n) is 5.85. The molecule has 102 valence electrons. The van der Waals surface area contributed by atoms with Gasteiger partial charge in [-0.1, -0.05) is 18.2 Å². The minimum Gasteiger partial charge on any atom is -0.508 e. The van der Waals surface area contributed by atoms with Crippen LogP contribution in [0.5, 0.6) is 5.75 Å². The van der Waals surface area contributed by atoms with Crippen molar-refractivity contribution in [3.8, 4) is 5.75 Å². The molecule has 1 aromatic carbocycles. The molecule has 5 nitrogen and oxygen atoms in total. The summed E-state index contributed by atoms with van der Waals surface area (Å²) in [5, 5.41) is 11.8. The second-order valence-electron chi connectivity index (χ2n) is 3.95. The first-order valence-corrected chi connectivity index (χ1v) is 5.85. The highest BCUT2D eigenvalue weighted by Gasteiger charge is 2.20. The number of allylic oxidation sites excluding steroid dienone is 1. The van der Waals surface area contributed by atoms with E-state index in [1.165, 1.54) is 25.3 Å². The van der Waals surface area contributed by atoms with E-state index in [1.54, 1.807) is 25.1 Å². The van der Waals surface area contributed by atoms with Crippen molar-refractivity contribution >= 4 is 11.9 Å². The molecule has 1 amide bonds. The van der Waals surface area contributed by atoms with E-state index in [0.29, 0.717) is 6.42 Å². The fourth-order valence-electron chi connectivity index (χ4n) is 1.57. The molecule has 0 bridgehead atoms. The Morgan fingerprint density at radius 2 is 2.00 bits per heavy atom. The quantitative estimate of drug-likeness (QED) is 0.617. The van der Waals surface area contributed by atoms with Gasteiger partial charge in [-0.15, -0.1) is 0 Å². The van der Waals surface area contributed by atoms with Crippen LogP contribution in [-0.4, -0.2) is 30.1 Å². The summed E-state index contributed by atoms with van der Waals surface area (Å²) < 4.78 is 4.66. The molecule has 0 saturated carbocycles. The Kier molecular flexibility index (Phi) is 5.60. The molecule has 1 rings (SSSR count). The Labute approximate surface area is 111 Å². The number of aromatic hydroxyl groups is 1. The van der Waals surface area contributed by atoms with Gasteiger partial charge in [-0.05, 0) is 30.7 Å². The van der Waals surface area contributed by atoms with E-state index in [1.807, 2.05) is 0 Å². The SMILES string of the molecule is C/C=C/C(=O)NC(Cc1ccc(O)cc1)C(=O)OC. The number of phenolic OH excluding ortho intramolecular Hbond substituents is 1. The number of carbonyl (C=O) groups is 2. The molecule has 0 aliphatic carbocycles. The van der Waals surface area contributed by atoms with Crippen molar-refractivity contribution in [2.45, 2.75) is 19.4 Å². The minimum absolute atomic E-state index is 0.149. The zero-order chi connectivity index (χ0) is 14.3. The zero-order valence-electron chi connectivity index (χ0n) is 10.9. The number of ether oxygens (including phenoxy) is 1. The average Bonchev–Trinajstić information content (AvgIpc) is 2.40. The molecule has 0 fully saturated rings. The van der Waals surface area contributed by atoms with Gasteiger partial charge in [0, 0.05) is 6.42 Å². The van der Waals surface area contributed by atoms with Crippen molar-refractivity contribution < 1.29 is 19.4 Å². The maximum Gasteiger partial charge on any atom is 0.328 e. The van der Waals surface area contributed by atoms with Crippen LogP contribution in [0.25, 0.3) is 0 Å². The first kappa shape index (κ1) is 14.8. The Hall–Kier alpha value is -2.30. The summed E-state index contributed by atoms with van der Waals surface area (Å²) in [7, 11) is 1.27. The van der Waals surface area contributed by atoms with Crippen LogP contribution >= 0.6 is 0 Å². The monoisotopic (exact) mass is 263 g/mol. The van der Waals surface area contributed by atoms with Crippen molar-refractivity contribution in [3.63, 3.8) is 0 Å². The van der Waals surface area contributed by atoms with E-state index < -0.39 is 12.0 Å². The number of benzene rings is 1. The Balaban J connectivity index is 2.77. The highest BCUT2D eigenvalue weighted by molar-refractivity contribution is 5.91. The predicted molar refractivity (Wildman–Crippen MR) is 70.6 cm³/mol. The lowest BCUT2D eigenvalue weighted by Gasteiger charge is -2.15. The maximum absolute atomic E-state index is 11.6. The number of hydrogen-bond donors (Lipinski definition) is 2. The van der Waals surface area contributed by atoms with Crippen LogP contribution in [0, 0.1) is 0 Å². The summed E-state index contributed by atoms with van der Waals surface area (Å²) in [6.07, 6.45) is 3.23. The van der Waals surface area contributed by atoms with Gasteiger partial charge in [-0.3, -0.25) is 4.79 Å². The topological polar surface area (TPSA) is 75.6 Å². The third kappa shape index (κ3) is 4.83. The van der Waals surface area contributed by atoms with Gasteiger partial charge in [0.25, 0.3) is 0 Å². The molecule has 0 aliphatic rings. The van der Waals surface area contributed by atoms with Crippen molar-refractivity contribution in [2.75, 3.05) is 7.11 Å². The summed E-state index contributed by atoms with van der Waals surface area (Å²) >= 11 is 0. The van der Waals surface area contributed by atoms with Gasteiger partial charge in [0.05, 0.1) is 7.11 Å². The highest BCUT2D eigenvalue weighted by atomic mass is 16.5. The van der Waals surface area contributed by atoms with E-state index in [0.717, 1.165) is 5.56 Å². The lowest BCUT2D eigenvalue weighted by Crippen LogP contribution is -2.42. The van der Waals surface area contributed by atoms with Crippen LogP contribution < -0.4 is 5.32 Å². The average molecular weight is 263 g/mol. The molecule has 0 aliphatic heterocycles. The number of amides is 1. The van der Waals surface area contributed by atoms with Crippen LogP contribution in [0.2, 0.25) is 0 Å². The molecule has 0 radical (unpaired) electrons. The fraction of sp³-hybridized carbons (Fsp3) is 0.286. The molecule has 19 heavy (non-hydrogen) atoms. The summed E-state index contributed by atoms with van der Waals surface area (Å²) in [5.74, 6) is -0.709.